The highest BCUT2D eigenvalue weighted by atomic mass is 16.5. The monoisotopic (exact) mass is 246 g/mol. The smallest absolute Gasteiger partial charge is 0.328 e. The molecule has 1 heterocycles. The van der Waals surface area contributed by atoms with Gasteiger partial charge in [0.25, 0.3) is 0 Å². The van der Waals surface area contributed by atoms with Gasteiger partial charge in [0.2, 0.25) is 0 Å². The number of carbonyl (C=O) groups is 1. The summed E-state index contributed by atoms with van der Waals surface area (Å²) in [5.41, 5.74) is 0.860. The van der Waals surface area contributed by atoms with E-state index in [1.165, 1.54) is 12.1 Å². The lowest BCUT2D eigenvalue weighted by Crippen LogP contribution is -2.27. The van der Waals surface area contributed by atoms with Gasteiger partial charge in [0.15, 0.2) is 0 Å². The van der Waals surface area contributed by atoms with Crippen LogP contribution in [0.25, 0.3) is 12.2 Å². The van der Waals surface area contributed by atoms with E-state index in [2.05, 4.69) is 0 Å². The number of ether oxygens (including phenoxy) is 1. The molecule has 2 N–H and O–H groups in total. The predicted molar refractivity (Wildman–Crippen MR) is 68.5 cm³/mol. The Kier molecular flexibility index (Phi) is 2.87. The van der Waals surface area contributed by atoms with Crippen LogP contribution in [-0.2, 0) is 4.79 Å². The topological polar surface area (TPSA) is 66.8 Å². The standard InChI is InChI=1S/C14H14O4/c1-14(2)6-5-10-7-9(3-4-13(16)17)11(15)8-12(10)18-14/h3-8,15H,1-2H3,(H,16,17). The van der Waals surface area contributed by atoms with Crippen molar-refractivity contribution in [3.8, 4) is 11.5 Å². The number of carboxylic acids is 1. The minimum atomic E-state index is -1.06. The fourth-order valence-corrected chi connectivity index (χ4v) is 1.72. The second kappa shape index (κ2) is 4.22. The van der Waals surface area contributed by atoms with E-state index in [9.17, 15) is 9.90 Å². The fraction of sp³-hybridized carbons (Fsp3) is 0.214. The molecular formula is C14H14O4. The Balaban J connectivity index is 2.41. The van der Waals surface area contributed by atoms with E-state index in [-0.39, 0.29) is 5.75 Å². The molecule has 4 heteroatoms. The van der Waals surface area contributed by atoms with Crippen molar-refractivity contribution in [2.45, 2.75) is 19.4 Å². The summed E-state index contributed by atoms with van der Waals surface area (Å²) in [6, 6.07) is 3.19. The number of phenolic OH excluding ortho intramolecular Hbond substituents is 1. The normalized spacial score (nSPS) is 16.3. The average Bonchev–Trinajstić information content (AvgIpc) is 2.25. The summed E-state index contributed by atoms with van der Waals surface area (Å²) in [5, 5.41) is 18.4. The number of benzene rings is 1. The molecule has 0 radical (unpaired) electrons. The summed E-state index contributed by atoms with van der Waals surface area (Å²) in [4.78, 5) is 10.5. The number of carboxylic acid groups (broad SMARTS) is 1. The Morgan fingerprint density at radius 1 is 1.39 bits per heavy atom. The quantitative estimate of drug-likeness (QED) is 0.787. The van der Waals surface area contributed by atoms with Crippen molar-refractivity contribution >= 4 is 18.1 Å². The molecule has 0 amide bonds. The average molecular weight is 246 g/mol. The minimum absolute atomic E-state index is 0.00245. The van der Waals surface area contributed by atoms with Gasteiger partial charge in [-0.15, -0.1) is 0 Å². The maximum atomic E-state index is 10.5. The number of aromatic hydroxyl groups is 1. The van der Waals surface area contributed by atoms with Gasteiger partial charge in [0, 0.05) is 23.3 Å². The van der Waals surface area contributed by atoms with Crippen molar-refractivity contribution in [3.63, 3.8) is 0 Å². The molecule has 0 bridgehead atoms. The first-order valence-electron chi connectivity index (χ1n) is 5.54. The molecule has 0 saturated heterocycles. The molecule has 0 fully saturated rings. The summed E-state index contributed by atoms with van der Waals surface area (Å²) in [6.45, 7) is 3.84. The molecule has 0 spiro atoms. The highest BCUT2D eigenvalue weighted by molar-refractivity contribution is 5.86. The third kappa shape index (κ3) is 2.53. The minimum Gasteiger partial charge on any atom is -0.507 e. The van der Waals surface area contributed by atoms with E-state index < -0.39 is 11.6 Å². The zero-order valence-electron chi connectivity index (χ0n) is 10.2. The summed E-state index contributed by atoms with van der Waals surface area (Å²) in [7, 11) is 0. The van der Waals surface area contributed by atoms with E-state index in [1.54, 1.807) is 6.07 Å². The SMILES string of the molecule is CC1(C)C=Cc2cc(C=CC(=O)O)c(O)cc2O1. The fourth-order valence-electron chi connectivity index (χ4n) is 1.72. The zero-order valence-corrected chi connectivity index (χ0v) is 10.2. The van der Waals surface area contributed by atoms with Crippen LogP contribution in [0.4, 0.5) is 0 Å². The van der Waals surface area contributed by atoms with Crippen molar-refractivity contribution in [2.24, 2.45) is 0 Å². The van der Waals surface area contributed by atoms with Gasteiger partial charge in [0.05, 0.1) is 0 Å². The van der Waals surface area contributed by atoms with Crippen LogP contribution in [-0.4, -0.2) is 21.8 Å². The molecule has 2 rings (SSSR count). The van der Waals surface area contributed by atoms with E-state index >= 15 is 0 Å². The van der Waals surface area contributed by atoms with E-state index in [4.69, 9.17) is 9.84 Å². The van der Waals surface area contributed by atoms with Crippen molar-refractivity contribution in [1.29, 1.82) is 0 Å². The van der Waals surface area contributed by atoms with Gasteiger partial charge in [-0.25, -0.2) is 4.79 Å². The van der Waals surface area contributed by atoms with Gasteiger partial charge < -0.3 is 14.9 Å². The number of phenols is 1. The first kappa shape index (κ1) is 12.2. The van der Waals surface area contributed by atoms with Crippen molar-refractivity contribution < 1.29 is 19.7 Å². The molecule has 18 heavy (non-hydrogen) atoms. The largest absolute Gasteiger partial charge is 0.507 e. The molecule has 94 valence electrons. The van der Waals surface area contributed by atoms with Crippen LogP contribution >= 0.6 is 0 Å². The van der Waals surface area contributed by atoms with Crippen molar-refractivity contribution in [1.82, 2.24) is 0 Å². The molecule has 1 aromatic rings. The van der Waals surface area contributed by atoms with E-state index in [1.807, 2.05) is 26.0 Å². The van der Waals surface area contributed by atoms with Crippen LogP contribution in [0.3, 0.4) is 0 Å². The van der Waals surface area contributed by atoms with E-state index in [0.29, 0.717) is 11.3 Å². The number of rotatable bonds is 2. The molecule has 1 aliphatic rings. The number of aliphatic carboxylic acids is 1. The first-order valence-corrected chi connectivity index (χ1v) is 5.54. The maximum Gasteiger partial charge on any atom is 0.328 e. The van der Waals surface area contributed by atoms with Crippen LogP contribution in [0, 0.1) is 0 Å². The molecular weight excluding hydrogens is 232 g/mol. The Bertz CT molecular complexity index is 553. The summed E-state index contributed by atoms with van der Waals surface area (Å²) in [5.74, 6) is -0.468. The Morgan fingerprint density at radius 2 is 2.11 bits per heavy atom. The number of hydrogen-bond donors (Lipinski definition) is 2. The summed E-state index contributed by atoms with van der Waals surface area (Å²) in [6.07, 6.45) is 6.15. The van der Waals surface area contributed by atoms with Gasteiger partial charge in [0.1, 0.15) is 17.1 Å². The molecule has 0 aromatic heterocycles. The lowest BCUT2D eigenvalue weighted by atomic mass is 10.00. The van der Waals surface area contributed by atoms with Crippen LogP contribution in [0.1, 0.15) is 25.0 Å². The van der Waals surface area contributed by atoms with Crippen LogP contribution in [0.2, 0.25) is 0 Å². The highest BCUT2D eigenvalue weighted by Gasteiger charge is 2.22. The lowest BCUT2D eigenvalue weighted by Gasteiger charge is -2.28. The molecule has 4 nitrogen and oxygen atoms in total. The van der Waals surface area contributed by atoms with Gasteiger partial charge in [-0.05, 0) is 32.1 Å². The summed E-state index contributed by atoms with van der Waals surface area (Å²) >= 11 is 0. The maximum absolute atomic E-state index is 10.5. The molecule has 0 unspecified atom stereocenters. The second-order valence-corrected chi connectivity index (χ2v) is 4.66. The number of fused-ring (bicyclic) bond motifs is 1. The third-order valence-corrected chi connectivity index (χ3v) is 2.60. The van der Waals surface area contributed by atoms with Crippen LogP contribution in [0.15, 0.2) is 24.3 Å². The van der Waals surface area contributed by atoms with E-state index in [0.717, 1.165) is 11.6 Å². The second-order valence-electron chi connectivity index (χ2n) is 4.66. The zero-order chi connectivity index (χ0) is 13.3. The first-order chi connectivity index (χ1) is 8.37. The Morgan fingerprint density at radius 3 is 2.78 bits per heavy atom. The Hall–Kier alpha value is -2.23. The lowest BCUT2D eigenvalue weighted by molar-refractivity contribution is -0.131. The Labute approximate surface area is 105 Å². The molecule has 0 saturated carbocycles. The third-order valence-electron chi connectivity index (χ3n) is 2.60. The molecule has 0 atom stereocenters. The molecule has 0 aliphatic carbocycles. The molecule has 1 aromatic carbocycles. The van der Waals surface area contributed by atoms with Crippen LogP contribution in [0.5, 0.6) is 11.5 Å². The molecule has 1 aliphatic heterocycles. The van der Waals surface area contributed by atoms with Gasteiger partial charge in [-0.2, -0.15) is 0 Å². The van der Waals surface area contributed by atoms with Gasteiger partial charge in [-0.3, -0.25) is 0 Å². The van der Waals surface area contributed by atoms with Gasteiger partial charge in [-0.1, -0.05) is 6.08 Å². The van der Waals surface area contributed by atoms with Crippen LogP contribution < -0.4 is 4.74 Å². The number of hydrogen-bond acceptors (Lipinski definition) is 3. The summed E-state index contributed by atoms with van der Waals surface area (Å²) < 4.78 is 5.69. The van der Waals surface area contributed by atoms with Crippen molar-refractivity contribution in [2.75, 3.05) is 0 Å². The van der Waals surface area contributed by atoms with Crippen molar-refractivity contribution in [3.05, 3.63) is 35.4 Å². The van der Waals surface area contributed by atoms with Gasteiger partial charge >= 0.3 is 5.97 Å². The highest BCUT2D eigenvalue weighted by Crippen LogP contribution is 2.36. The predicted octanol–water partition coefficient (Wildman–Crippen LogP) is 2.67.